The molecule has 1 heterocycles. The second-order valence-corrected chi connectivity index (χ2v) is 1.49. The smallest absolute Gasteiger partial charge is 0.0644 e. The highest BCUT2D eigenvalue weighted by Crippen LogP contribution is 1.86. The molecule has 0 spiro atoms. The van der Waals surface area contributed by atoms with Gasteiger partial charge in [-0.3, -0.25) is 5.10 Å². The van der Waals surface area contributed by atoms with Crippen LogP contribution in [-0.4, -0.2) is 16.7 Å². The topological polar surface area (TPSA) is 54.7 Å². The minimum Gasteiger partial charge on any atom is -0.320 e. The van der Waals surface area contributed by atoms with Gasteiger partial charge in [-0.2, -0.15) is 5.10 Å². The minimum absolute atomic E-state index is 0.394. The van der Waals surface area contributed by atoms with Gasteiger partial charge in [0.1, 0.15) is 0 Å². The highest BCUT2D eigenvalue weighted by atomic mass is 15.1. The Morgan fingerprint density at radius 2 is 2.67 bits per heavy atom. The second kappa shape index (κ2) is 2.90. The Kier molecular flexibility index (Phi) is 1.89. The molecule has 0 unspecified atom stereocenters. The highest BCUT2D eigenvalue weighted by molar-refractivity contribution is 5.29. The van der Waals surface area contributed by atoms with Crippen molar-refractivity contribution < 1.29 is 0 Å². The maximum atomic E-state index is 5.14. The van der Waals surface area contributed by atoms with Crippen LogP contribution in [0.15, 0.2) is 12.4 Å². The van der Waals surface area contributed by atoms with E-state index >= 15 is 0 Å². The summed E-state index contributed by atoms with van der Waals surface area (Å²) in [7, 11) is 0. The molecule has 46 valence electrons. The van der Waals surface area contributed by atoms with Crippen LogP contribution in [0.5, 0.6) is 0 Å². The maximum Gasteiger partial charge on any atom is 0.0644 e. The van der Waals surface area contributed by atoms with Gasteiger partial charge in [0.2, 0.25) is 0 Å². The van der Waals surface area contributed by atoms with E-state index in [1.54, 1.807) is 12.4 Å². The normalized spacial score (nSPS) is 8.11. The first-order valence-electron chi connectivity index (χ1n) is 2.61. The fourth-order valence-electron chi connectivity index (χ4n) is 0.472. The number of nitrogens with zero attached hydrogens (tertiary/aromatic N) is 1. The number of H-pyrrole nitrogens is 1. The van der Waals surface area contributed by atoms with Crippen LogP contribution < -0.4 is 5.73 Å². The predicted molar refractivity (Wildman–Crippen MR) is 34.5 cm³/mol. The number of nitrogens with one attached hydrogen (secondary N) is 1. The van der Waals surface area contributed by atoms with Gasteiger partial charge in [0.25, 0.3) is 0 Å². The molecule has 0 aliphatic rings. The van der Waals surface area contributed by atoms with Crippen molar-refractivity contribution in [3.05, 3.63) is 18.0 Å². The zero-order chi connectivity index (χ0) is 6.53. The molecular formula is C6H7N3. The van der Waals surface area contributed by atoms with E-state index in [2.05, 4.69) is 22.0 Å². The summed E-state index contributed by atoms with van der Waals surface area (Å²) < 4.78 is 0. The molecule has 9 heavy (non-hydrogen) atoms. The number of hydrogen-bond acceptors (Lipinski definition) is 2. The van der Waals surface area contributed by atoms with E-state index in [1.807, 2.05) is 0 Å². The molecule has 0 amide bonds. The Labute approximate surface area is 53.3 Å². The number of aromatic nitrogens is 2. The van der Waals surface area contributed by atoms with Gasteiger partial charge < -0.3 is 5.73 Å². The zero-order valence-corrected chi connectivity index (χ0v) is 4.89. The molecule has 0 saturated carbocycles. The molecule has 0 fully saturated rings. The molecule has 1 aromatic rings. The number of hydrogen-bond donors (Lipinski definition) is 2. The standard InChI is InChI=1S/C6H7N3/c7-3-1-2-6-4-8-9-5-6/h4-5H,3,7H2,(H,8,9). The van der Waals surface area contributed by atoms with E-state index < -0.39 is 0 Å². The van der Waals surface area contributed by atoms with E-state index in [-0.39, 0.29) is 0 Å². The number of aromatic amines is 1. The molecule has 0 bridgehead atoms. The summed E-state index contributed by atoms with van der Waals surface area (Å²) in [4.78, 5) is 0. The van der Waals surface area contributed by atoms with Gasteiger partial charge in [0, 0.05) is 6.20 Å². The third kappa shape index (κ3) is 1.59. The van der Waals surface area contributed by atoms with Crippen molar-refractivity contribution in [1.82, 2.24) is 10.2 Å². The van der Waals surface area contributed by atoms with E-state index in [1.165, 1.54) is 0 Å². The zero-order valence-electron chi connectivity index (χ0n) is 4.89. The monoisotopic (exact) mass is 121 g/mol. The molecule has 0 aliphatic heterocycles. The summed E-state index contributed by atoms with van der Waals surface area (Å²) in [5.41, 5.74) is 6.02. The number of nitrogens with two attached hydrogens (primary N) is 1. The minimum atomic E-state index is 0.394. The summed E-state index contributed by atoms with van der Waals surface area (Å²) in [6, 6.07) is 0. The lowest BCUT2D eigenvalue weighted by atomic mass is 10.4. The maximum absolute atomic E-state index is 5.14. The van der Waals surface area contributed by atoms with Crippen molar-refractivity contribution in [2.75, 3.05) is 6.54 Å². The molecule has 1 aromatic heterocycles. The molecule has 0 aliphatic carbocycles. The average molecular weight is 121 g/mol. The molecule has 3 nitrogen and oxygen atoms in total. The second-order valence-electron chi connectivity index (χ2n) is 1.49. The average Bonchev–Trinajstić information content (AvgIpc) is 2.34. The van der Waals surface area contributed by atoms with Crippen molar-refractivity contribution in [3.8, 4) is 11.8 Å². The fraction of sp³-hybridized carbons (Fsp3) is 0.167. The Bertz CT molecular complexity index is 214. The Hall–Kier alpha value is -1.27. The Morgan fingerprint density at radius 3 is 3.22 bits per heavy atom. The Balaban J connectivity index is 2.67. The lowest BCUT2D eigenvalue weighted by Gasteiger charge is -1.71. The summed E-state index contributed by atoms with van der Waals surface area (Å²) in [5, 5.41) is 6.35. The molecule has 3 heteroatoms. The summed E-state index contributed by atoms with van der Waals surface area (Å²) >= 11 is 0. The van der Waals surface area contributed by atoms with Gasteiger partial charge in [-0.05, 0) is 0 Å². The van der Waals surface area contributed by atoms with Gasteiger partial charge in [-0.1, -0.05) is 11.8 Å². The van der Waals surface area contributed by atoms with Crippen molar-refractivity contribution >= 4 is 0 Å². The first-order valence-corrected chi connectivity index (χ1v) is 2.61. The predicted octanol–water partition coefficient (Wildman–Crippen LogP) is -0.280. The molecule has 3 N–H and O–H groups in total. The first kappa shape index (κ1) is 5.86. The molecule has 0 radical (unpaired) electrons. The van der Waals surface area contributed by atoms with E-state index in [0.717, 1.165) is 5.56 Å². The highest BCUT2D eigenvalue weighted by Gasteiger charge is 1.81. The van der Waals surface area contributed by atoms with Gasteiger partial charge in [0.05, 0.1) is 18.3 Å². The molecular weight excluding hydrogens is 114 g/mol. The van der Waals surface area contributed by atoms with Crippen LogP contribution in [0.1, 0.15) is 5.56 Å². The first-order chi connectivity index (χ1) is 4.43. The molecule has 0 saturated heterocycles. The van der Waals surface area contributed by atoms with Crippen molar-refractivity contribution in [2.45, 2.75) is 0 Å². The third-order valence-corrected chi connectivity index (χ3v) is 0.833. The van der Waals surface area contributed by atoms with Crippen molar-refractivity contribution in [3.63, 3.8) is 0 Å². The van der Waals surface area contributed by atoms with Gasteiger partial charge in [0.15, 0.2) is 0 Å². The molecule has 0 aromatic carbocycles. The van der Waals surface area contributed by atoms with E-state index in [0.29, 0.717) is 6.54 Å². The van der Waals surface area contributed by atoms with Crippen LogP contribution in [0, 0.1) is 11.8 Å². The van der Waals surface area contributed by atoms with Gasteiger partial charge in [-0.15, -0.1) is 0 Å². The van der Waals surface area contributed by atoms with Crippen molar-refractivity contribution in [2.24, 2.45) is 5.73 Å². The largest absolute Gasteiger partial charge is 0.320 e. The quantitative estimate of drug-likeness (QED) is 0.464. The van der Waals surface area contributed by atoms with Crippen LogP contribution >= 0.6 is 0 Å². The molecule has 1 rings (SSSR count). The van der Waals surface area contributed by atoms with Gasteiger partial charge >= 0.3 is 0 Å². The summed E-state index contributed by atoms with van der Waals surface area (Å²) in [6.45, 7) is 0.394. The van der Waals surface area contributed by atoms with Crippen molar-refractivity contribution in [1.29, 1.82) is 0 Å². The Morgan fingerprint density at radius 1 is 1.78 bits per heavy atom. The van der Waals surface area contributed by atoms with E-state index in [4.69, 9.17) is 5.73 Å². The SMILES string of the molecule is NCC#Cc1cn[nH]c1. The van der Waals surface area contributed by atoms with Crippen LogP contribution in [0.3, 0.4) is 0 Å². The van der Waals surface area contributed by atoms with E-state index in [9.17, 15) is 0 Å². The van der Waals surface area contributed by atoms with Crippen LogP contribution in [0.2, 0.25) is 0 Å². The lowest BCUT2D eigenvalue weighted by molar-refractivity contribution is 1.09. The van der Waals surface area contributed by atoms with Crippen LogP contribution in [0.25, 0.3) is 0 Å². The third-order valence-electron chi connectivity index (χ3n) is 0.833. The lowest BCUT2D eigenvalue weighted by Crippen LogP contribution is -1.92. The summed E-state index contributed by atoms with van der Waals surface area (Å²) in [6.07, 6.45) is 3.38. The number of rotatable bonds is 0. The molecule has 0 atom stereocenters. The summed E-state index contributed by atoms with van der Waals surface area (Å²) in [5.74, 6) is 5.52. The fourth-order valence-corrected chi connectivity index (χ4v) is 0.472. The van der Waals surface area contributed by atoms with Gasteiger partial charge in [-0.25, -0.2) is 0 Å². The van der Waals surface area contributed by atoms with Crippen LogP contribution in [0.4, 0.5) is 0 Å². The van der Waals surface area contributed by atoms with Crippen LogP contribution in [-0.2, 0) is 0 Å².